The van der Waals surface area contributed by atoms with Crippen LogP contribution in [0.2, 0.25) is 0 Å². The zero-order valence-electron chi connectivity index (χ0n) is 19.2. The van der Waals surface area contributed by atoms with Crippen LogP contribution >= 0.6 is 0 Å². The second-order valence-corrected chi connectivity index (χ2v) is 10.3. The first-order valence-corrected chi connectivity index (χ1v) is 9.81. The summed E-state index contributed by atoms with van der Waals surface area (Å²) in [5.74, 6) is -0.602. The van der Waals surface area contributed by atoms with Crippen molar-refractivity contribution in [2.75, 3.05) is 6.54 Å². The van der Waals surface area contributed by atoms with Gasteiger partial charge in [-0.05, 0) is 80.5 Å². The Kier molecular flexibility index (Phi) is 7.77. The first-order chi connectivity index (χ1) is 13.0. The van der Waals surface area contributed by atoms with Gasteiger partial charge < -0.3 is 14.8 Å². The molecule has 0 amide bonds. The molecule has 162 valence electrons. The lowest BCUT2D eigenvalue weighted by atomic mass is 9.97. The van der Waals surface area contributed by atoms with Gasteiger partial charge in [0, 0.05) is 16.7 Å². The standard InChI is InChI=1S/C23H35NO5/c1-21(2,3)19(26)28-14-16-12-15(17(25)13-24-23(7,8)9)10-11-18(16)29-20(27)22(4,5)6/h10-12,24H,13-14H2,1-9H3. The maximum Gasteiger partial charge on any atom is 0.316 e. The number of ketones is 1. The van der Waals surface area contributed by atoms with E-state index in [1.807, 2.05) is 20.8 Å². The second kappa shape index (κ2) is 9.08. The Bertz CT molecular complexity index is 761. The van der Waals surface area contributed by atoms with Crippen LogP contribution in [0.1, 0.15) is 78.2 Å². The minimum atomic E-state index is -0.690. The molecule has 0 aliphatic rings. The highest BCUT2D eigenvalue weighted by molar-refractivity contribution is 5.98. The summed E-state index contributed by atoms with van der Waals surface area (Å²) in [7, 11) is 0. The Labute approximate surface area is 174 Å². The smallest absolute Gasteiger partial charge is 0.316 e. The molecule has 0 radical (unpaired) electrons. The Balaban J connectivity index is 3.13. The van der Waals surface area contributed by atoms with Crippen LogP contribution in [0.15, 0.2) is 18.2 Å². The quantitative estimate of drug-likeness (QED) is 0.432. The molecule has 0 aliphatic heterocycles. The molecular formula is C23H35NO5. The molecule has 0 aliphatic carbocycles. The van der Waals surface area contributed by atoms with Crippen molar-refractivity contribution < 1.29 is 23.9 Å². The molecule has 6 nitrogen and oxygen atoms in total. The van der Waals surface area contributed by atoms with E-state index in [0.717, 1.165) is 0 Å². The van der Waals surface area contributed by atoms with Gasteiger partial charge in [-0.1, -0.05) is 0 Å². The van der Waals surface area contributed by atoms with Gasteiger partial charge in [0.2, 0.25) is 0 Å². The van der Waals surface area contributed by atoms with Crippen molar-refractivity contribution in [1.82, 2.24) is 5.32 Å². The van der Waals surface area contributed by atoms with Crippen molar-refractivity contribution in [3.05, 3.63) is 29.3 Å². The summed E-state index contributed by atoms with van der Waals surface area (Å²) in [5.41, 5.74) is -0.611. The maximum atomic E-state index is 12.6. The van der Waals surface area contributed by atoms with Crippen LogP contribution in [0.3, 0.4) is 0 Å². The number of hydrogen-bond acceptors (Lipinski definition) is 6. The largest absolute Gasteiger partial charge is 0.460 e. The van der Waals surface area contributed by atoms with E-state index in [1.165, 1.54) is 0 Å². The van der Waals surface area contributed by atoms with Gasteiger partial charge in [-0.2, -0.15) is 0 Å². The third kappa shape index (κ3) is 8.36. The van der Waals surface area contributed by atoms with Gasteiger partial charge in [0.15, 0.2) is 5.78 Å². The predicted octanol–water partition coefficient (Wildman–Crippen LogP) is 4.30. The molecule has 1 rings (SSSR count). The fourth-order valence-electron chi connectivity index (χ4n) is 2.03. The topological polar surface area (TPSA) is 81.7 Å². The number of benzene rings is 1. The van der Waals surface area contributed by atoms with E-state index >= 15 is 0 Å². The van der Waals surface area contributed by atoms with Crippen LogP contribution in [-0.4, -0.2) is 29.8 Å². The lowest BCUT2D eigenvalue weighted by Gasteiger charge is -2.21. The van der Waals surface area contributed by atoms with E-state index in [9.17, 15) is 14.4 Å². The number of carbonyl (C=O) groups excluding carboxylic acids is 3. The summed E-state index contributed by atoms with van der Waals surface area (Å²) >= 11 is 0. The molecule has 29 heavy (non-hydrogen) atoms. The van der Waals surface area contributed by atoms with E-state index in [4.69, 9.17) is 9.47 Å². The lowest BCUT2D eigenvalue weighted by Crippen LogP contribution is -2.39. The maximum absolute atomic E-state index is 12.6. The van der Waals surface area contributed by atoms with Crippen molar-refractivity contribution in [2.45, 2.75) is 74.5 Å². The van der Waals surface area contributed by atoms with Crippen LogP contribution in [0.4, 0.5) is 0 Å². The molecule has 0 unspecified atom stereocenters. The van der Waals surface area contributed by atoms with Crippen molar-refractivity contribution >= 4 is 17.7 Å². The van der Waals surface area contributed by atoms with Crippen LogP contribution in [0.5, 0.6) is 5.75 Å². The average Bonchev–Trinajstić information content (AvgIpc) is 2.55. The van der Waals surface area contributed by atoms with E-state index in [1.54, 1.807) is 59.7 Å². The highest BCUT2D eigenvalue weighted by Crippen LogP contribution is 2.26. The SMILES string of the molecule is CC(C)(C)NCC(=O)c1ccc(OC(=O)C(C)(C)C)c(COC(=O)C(C)(C)C)c1. The monoisotopic (exact) mass is 405 g/mol. The first-order valence-electron chi connectivity index (χ1n) is 9.81. The molecular weight excluding hydrogens is 370 g/mol. The third-order valence-corrected chi connectivity index (χ3v) is 3.95. The Morgan fingerprint density at radius 3 is 1.90 bits per heavy atom. The number of esters is 2. The number of ether oxygens (including phenoxy) is 2. The molecule has 1 aromatic rings. The number of nitrogens with one attached hydrogen (secondary N) is 1. The second-order valence-electron chi connectivity index (χ2n) is 10.3. The number of hydrogen-bond donors (Lipinski definition) is 1. The summed E-state index contributed by atoms with van der Waals surface area (Å²) in [4.78, 5) is 37.0. The Morgan fingerprint density at radius 1 is 0.862 bits per heavy atom. The van der Waals surface area contributed by atoms with E-state index in [2.05, 4.69) is 5.32 Å². The van der Waals surface area contributed by atoms with E-state index in [-0.39, 0.29) is 36.2 Å². The van der Waals surface area contributed by atoms with Crippen molar-refractivity contribution in [3.8, 4) is 5.75 Å². The number of carbonyl (C=O) groups is 3. The lowest BCUT2D eigenvalue weighted by molar-refractivity contribution is -0.154. The number of rotatable bonds is 6. The van der Waals surface area contributed by atoms with Gasteiger partial charge in [0.05, 0.1) is 17.4 Å². The minimum absolute atomic E-state index is 0.0866. The Hall–Kier alpha value is -2.21. The van der Waals surface area contributed by atoms with Crippen LogP contribution in [-0.2, 0) is 20.9 Å². The molecule has 0 heterocycles. The summed E-state index contributed by atoms with van der Waals surface area (Å²) in [6.45, 7) is 16.6. The molecule has 0 saturated heterocycles. The minimum Gasteiger partial charge on any atom is -0.460 e. The van der Waals surface area contributed by atoms with Gasteiger partial charge in [-0.25, -0.2) is 0 Å². The van der Waals surface area contributed by atoms with Crippen LogP contribution in [0, 0.1) is 10.8 Å². The highest BCUT2D eigenvalue weighted by atomic mass is 16.5. The molecule has 0 spiro atoms. The van der Waals surface area contributed by atoms with Crippen molar-refractivity contribution in [2.24, 2.45) is 10.8 Å². The molecule has 0 saturated carbocycles. The summed E-state index contributed by atoms with van der Waals surface area (Å²) in [6.07, 6.45) is 0. The number of Topliss-reactive ketones (excluding diaryl/α,β-unsaturated/α-hetero) is 1. The molecule has 1 aromatic carbocycles. The van der Waals surface area contributed by atoms with Crippen LogP contribution in [0.25, 0.3) is 0 Å². The van der Waals surface area contributed by atoms with E-state index in [0.29, 0.717) is 11.1 Å². The van der Waals surface area contributed by atoms with Crippen LogP contribution < -0.4 is 10.1 Å². The third-order valence-electron chi connectivity index (χ3n) is 3.95. The summed E-state index contributed by atoms with van der Waals surface area (Å²) in [6, 6.07) is 4.81. The fourth-order valence-corrected chi connectivity index (χ4v) is 2.03. The van der Waals surface area contributed by atoms with Crippen molar-refractivity contribution in [1.29, 1.82) is 0 Å². The van der Waals surface area contributed by atoms with Gasteiger partial charge in [0.25, 0.3) is 0 Å². The molecule has 1 N–H and O–H groups in total. The molecule has 6 heteroatoms. The molecule has 0 bridgehead atoms. The van der Waals surface area contributed by atoms with Gasteiger partial charge >= 0.3 is 11.9 Å². The van der Waals surface area contributed by atoms with Gasteiger partial charge in [-0.3, -0.25) is 14.4 Å². The predicted molar refractivity (Wildman–Crippen MR) is 113 cm³/mol. The van der Waals surface area contributed by atoms with E-state index < -0.39 is 16.8 Å². The fraction of sp³-hybridized carbons (Fsp3) is 0.609. The summed E-state index contributed by atoms with van der Waals surface area (Å²) in [5, 5.41) is 3.16. The highest BCUT2D eigenvalue weighted by Gasteiger charge is 2.27. The van der Waals surface area contributed by atoms with Crippen molar-refractivity contribution in [3.63, 3.8) is 0 Å². The van der Waals surface area contributed by atoms with Gasteiger partial charge in [0.1, 0.15) is 12.4 Å². The average molecular weight is 406 g/mol. The zero-order chi connectivity index (χ0) is 22.6. The normalized spacial score (nSPS) is 12.4. The Morgan fingerprint density at radius 2 is 1.41 bits per heavy atom. The first kappa shape index (κ1) is 24.8. The molecule has 0 aromatic heterocycles. The molecule has 0 fully saturated rings. The molecule has 0 atom stereocenters. The zero-order valence-corrected chi connectivity index (χ0v) is 19.2. The summed E-state index contributed by atoms with van der Waals surface area (Å²) < 4.78 is 10.9. The van der Waals surface area contributed by atoms with Gasteiger partial charge in [-0.15, -0.1) is 0 Å².